The van der Waals surface area contributed by atoms with E-state index in [1.807, 2.05) is 32.5 Å². The minimum Gasteiger partial charge on any atom is -0.347 e. The molecule has 0 aromatic carbocycles. The van der Waals surface area contributed by atoms with E-state index < -0.39 is 0 Å². The van der Waals surface area contributed by atoms with Gasteiger partial charge in [-0.05, 0) is 27.7 Å². The molecule has 0 aliphatic rings. The molecule has 1 rings (SSSR count). The Morgan fingerprint density at radius 2 is 1.89 bits per heavy atom. The van der Waals surface area contributed by atoms with Gasteiger partial charge in [0.2, 0.25) is 5.91 Å². The molecule has 18 heavy (non-hydrogen) atoms. The highest BCUT2D eigenvalue weighted by Gasteiger charge is 2.21. The van der Waals surface area contributed by atoms with Crippen molar-refractivity contribution in [3.05, 3.63) is 17.0 Å². The van der Waals surface area contributed by atoms with Crippen LogP contribution >= 0.6 is 0 Å². The number of hydrogen-bond donors (Lipinski definition) is 1. The van der Waals surface area contributed by atoms with Crippen molar-refractivity contribution >= 4 is 5.91 Å². The molecule has 5 heteroatoms. The molecule has 2 atom stereocenters. The Labute approximate surface area is 109 Å². The van der Waals surface area contributed by atoms with Gasteiger partial charge in [0.1, 0.15) is 0 Å². The predicted octanol–water partition coefficient (Wildman–Crippen LogP) is 1.16. The van der Waals surface area contributed by atoms with Gasteiger partial charge >= 0.3 is 0 Å². The summed E-state index contributed by atoms with van der Waals surface area (Å²) in [4.78, 5) is 13.4. The fraction of sp³-hybridized carbons (Fsp3) is 0.692. The summed E-state index contributed by atoms with van der Waals surface area (Å²) in [6.45, 7) is 8.00. The van der Waals surface area contributed by atoms with E-state index in [0.29, 0.717) is 0 Å². The summed E-state index contributed by atoms with van der Waals surface area (Å²) in [7, 11) is 5.48. The molecule has 0 radical (unpaired) electrons. The molecule has 1 N–H and O–H groups in total. The van der Waals surface area contributed by atoms with Crippen molar-refractivity contribution in [3.8, 4) is 0 Å². The highest BCUT2D eigenvalue weighted by atomic mass is 16.2. The number of nitrogens with zero attached hydrogens (tertiary/aromatic N) is 3. The number of carbonyl (C=O) groups is 1. The molecule has 1 aromatic heterocycles. The van der Waals surface area contributed by atoms with E-state index in [0.717, 1.165) is 11.4 Å². The lowest BCUT2D eigenvalue weighted by molar-refractivity contribution is -0.130. The molecule has 0 saturated heterocycles. The van der Waals surface area contributed by atoms with E-state index in [9.17, 15) is 4.79 Å². The van der Waals surface area contributed by atoms with Crippen LogP contribution in [-0.4, -0.2) is 40.7 Å². The molecule has 1 amide bonds. The standard InChI is InChI=1S/C13H24N4O/c1-8(14-10(3)13(18)16(5)6)12-9(2)15-17(7)11(12)4/h8,10,14H,1-7H3. The second kappa shape index (κ2) is 5.52. The number of hydrogen-bond acceptors (Lipinski definition) is 3. The Morgan fingerprint density at radius 1 is 1.33 bits per heavy atom. The van der Waals surface area contributed by atoms with Gasteiger partial charge in [-0.1, -0.05) is 0 Å². The van der Waals surface area contributed by atoms with Gasteiger partial charge in [-0.3, -0.25) is 14.8 Å². The van der Waals surface area contributed by atoms with E-state index in [-0.39, 0.29) is 18.0 Å². The summed E-state index contributed by atoms with van der Waals surface area (Å²) in [5, 5.41) is 7.73. The number of aromatic nitrogens is 2. The second-order valence-electron chi connectivity index (χ2n) is 5.05. The largest absolute Gasteiger partial charge is 0.347 e. The first-order valence-electron chi connectivity index (χ1n) is 6.23. The van der Waals surface area contributed by atoms with E-state index in [2.05, 4.69) is 17.3 Å². The van der Waals surface area contributed by atoms with Crippen molar-refractivity contribution in [3.63, 3.8) is 0 Å². The number of aryl methyl sites for hydroxylation is 2. The SMILES string of the molecule is Cc1nn(C)c(C)c1C(C)NC(C)C(=O)N(C)C. The van der Waals surface area contributed by atoms with Gasteiger partial charge in [0.25, 0.3) is 0 Å². The molecule has 0 bridgehead atoms. The first kappa shape index (κ1) is 14.7. The van der Waals surface area contributed by atoms with Gasteiger partial charge in [0.15, 0.2) is 0 Å². The minimum absolute atomic E-state index is 0.0843. The molecule has 0 aliphatic carbocycles. The fourth-order valence-corrected chi connectivity index (χ4v) is 2.33. The van der Waals surface area contributed by atoms with Crippen molar-refractivity contribution in [2.45, 2.75) is 39.8 Å². The van der Waals surface area contributed by atoms with Crippen molar-refractivity contribution < 1.29 is 4.79 Å². The van der Waals surface area contributed by atoms with Crippen LogP contribution in [0.15, 0.2) is 0 Å². The first-order chi connectivity index (χ1) is 8.25. The molecule has 0 saturated carbocycles. The Kier molecular flexibility index (Phi) is 4.51. The molecular formula is C13H24N4O. The predicted molar refractivity (Wildman–Crippen MR) is 72.4 cm³/mol. The molecule has 0 fully saturated rings. The Bertz CT molecular complexity index is 436. The lowest BCUT2D eigenvalue weighted by atomic mass is 10.1. The number of carbonyl (C=O) groups excluding carboxylic acids is 1. The van der Waals surface area contributed by atoms with E-state index in [4.69, 9.17) is 0 Å². The van der Waals surface area contributed by atoms with Gasteiger partial charge in [-0.2, -0.15) is 5.10 Å². The van der Waals surface area contributed by atoms with E-state index in [1.165, 1.54) is 5.56 Å². The monoisotopic (exact) mass is 252 g/mol. The van der Waals surface area contributed by atoms with Gasteiger partial charge < -0.3 is 4.90 Å². The highest BCUT2D eigenvalue weighted by molar-refractivity contribution is 5.80. The topological polar surface area (TPSA) is 50.2 Å². The average molecular weight is 252 g/mol. The van der Waals surface area contributed by atoms with Crippen LogP contribution in [-0.2, 0) is 11.8 Å². The smallest absolute Gasteiger partial charge is 0.238 e. The third-order valence-corrected chi connectivity index (χ3v) is 3.31. The third kappa shape index (κ3) is 2.90. The van der Waals surface area contributed by atoms with Crippen LogP contribution in [0.3, 0.4) is 0 Å². The summed E-state index contributed by atoms with van der Waals surface area (Å²) in [6, 6.07) is -0.0911. The Balaban J connectivity index is 2.83. The fourth-order valence-electron chi connectivity index (χ4n) is 2.33. The maximum absolute atomic E-state index is 11.8. The van der Waals surface area contributed by atoms with Crippen LogP contribution in [0.1, 0.15) is 36.8 Å². The second-order valence-corrected chi connectivity index (χ2v) is 5.05. The van der Waals surface area contributed by atoms with Crippen molar-refractivity contribution in [2.75, 3.05) is 14.1 Å². The van der Waals surface area contributed by atoms with Gasteiger partial charge in [0, 0.05) is 38.4 Å². The molecule has 1 aromatic rings. The highest BCUT2D eigenvalue weighted by Crippen LogP contribution is 2.21. The van der Waals surface area contributed by atoms with Crippen molar-refractivity contribution in [1.82, 2.24) is 20.0 Å². The van der Waals surface area contributed by atoms with Crippen molar-refractivity contribution in [1.29, 1.82) is 0 Å². The number of nitrogens with one attached hydrogen (secondary N) is 1. The van der Waals surface area contributed by atoms with E-state index in [1.54, 1.807) is 19.0 Å². The Morgan fingerprint density at radius 3 is 2.28 bits per heavy atom. The molecular weight excluding hydrogens is 228 g/mol. The summed E-state index contributed by atoms with van der Waals surface area (Å²) in [5.74, 6) is 0.0843. The van der Waals surface area contributed by atoms with E-state index >= 15 is 0 Å². The first-order valence-corrected chi connectivity index (χ1v) is 6.23. The van der Waals surface area contributed by atoms with Crippen LogP contribution in [0, 0.1) is 13.8 Å². The number of rotatable bonds is 4. The molecule has 102 valence electrons. The summed E-state index contributed by atoms with van der Waals surface area (Å²) in [5.41, 5.74) is 3.33. The number of likely N-dealkylation sites (N-methyl/N-ethyl adjacent to an activating group) is 1. The molecule has 1 heterocycles. The molecule has 5 nitrogen and oxygen atoms in total. The van der Waals surface area contributed by atoms with Crippen LogP contribution in [0.2, 0.25) is 0 Å². The average Bonchev–Trinajstić information content (AvgIpc) is 2.51. The molecule has 2 unspecified atom stereocenters. The summed E-state index contributed by atoms with van der Waals surface area (Å²) < 4.78 is 1.88. The van der Waals surface area contributed by atoms with Crippen LogP contribution in [0.4, 0.5) is 0 Å². The summed E-state index contributed by atoms with van der Waals surface area (Å²) >= 11 is 0. The maximum atomic E-state index is 11.8. The van der Waals surface area contributed by atoms with Crippen LogP contribution in [0.5, 0.6) is 0 Å². The lowest BCUT2D eigenvalue weighted by Gasteiger charge is -2.22. The van der Waals surface area contributed by atoms with Crippen LogP contribution in [0.25, 0.3) is 0 Å². The van der Waals surface area contributed by atoms with Gasteiger partial charge in [-0.25, -0.2) is 0 Å². The quantitative estimate of drug-likeness (QED) is 0.875. The van der Waals surface area contributed by atoms with Gasteiger partial charge in [0.05, 0.1) is 11.7 Å². The maximum Gasteiger partial charge on any atom is 0.238 e. The molecule has 0 spiro atoms. The van der Waals surface area contributed by atoms with Crippen molar-refractivity contribution in [2.24, 2.45) is 7.05 Å². The lowest BCUT2D eigenvalue weighted by Crippen LogP contribution is -2.42. The summed E-state index contributed by atoms with van der Waals surface area (Å²) in [6.07, 6.45) is 0. The molecule has 0 aliphatic heterocycles. The van der Waals surface area contributed by atoms with Gasteiger partial charge in [-0.15, -0.1) is 0 Å². The zero-order chi connectivity index (χ0) is 14.0. The zero-order valence-electron chi connectivity index (χ0n) is 12.4. The zero-order valence-corrected chi connectivity index (χ0v) is 12.4. The number of amides is 1. The third-order valence-electron chi connectivity index (χ3n) is 3.31. The minimum atomic E-state index is -0.200. The van der Waals surface area contributed by atoms with Crippen LogP contribution < -0.4 is 5.32 Å². The normalized spacial score (nSPS) is 14.4. The Hall–Kier alpha value is -1.36.